The summed E-state index contributed by atoms with van der Waals surface area (Å²) < 4.78 is 18.7. The van der Waals surface area contributed by atoms with Crippen LogP contribution < -0.4 is 19.6 Å². The van der Waals surface area contributed by atoms with Crippen LogP contribution in [0.1, 0.15) is 15.9 Å². The third-order valence-electron chi connectivity index (χ3n) is 5.18. The lowest BCUT2D eigenvalue weighted by atomic mass is 10.1. The molecule has 1 amide bonds. The molecule has 0 atom stereocenters. The van der Waals surface area contributed by atoms with Crippen molar-refractivity contribution in [2.45, 2.75) is 0 Å². The Morgan fingerprint density at radius 2 is 1.63 bits per heavy atom. The zero-order valence-electron chi connectivity index (χ0n) is 19.4. The Hall–Kier alpha value is -4.11. The summed E-state index contributed by atoms with van der Waals surface area (Å²) >= 11 is 3.46. The van der Waals surface area contributed by atoms with Gasteiger partial charge in [0.2, 0.25) is 5.75 Å². The number of hydrogen-bond donors (Lipinski definition) is 1. The number of nitrogens with one attached hydrogen (secondary N) is 1. The first-order chi connectivity index (χ1) is 17.0. The van der Waals surface area contributed by atoms with Crippen molar-refractivity contribution in [2.75, 3.05) is 21.3 Å². The van der Waals surface area contributed by atoms with Gasteiger partial charge in [-0.05, 0) is 36.4 Å². The number of rotatable bonds is 8. The molecule has 8 nitrogen and oxygen atoms in total. The molecule has 1 heterocycles. The van der Waals surface area contributed by atoms with E-state index in [-0.39, 0.29) is 0 Å². The van der Waals surface area contributed by atoms with E-state index in [1.807, 2.05) is 60.8 Å². The van der Waals surface area contributed by atoms with E-state index in [2.05, 4.69) is 26.5 Å². The van der Waals surface area contributed by atoms with Gasteiger partial charge in [0.1, 0.15) is 5.69 Å². The van der Waals surface area contributed by atoms with E-state index in [0.717, 1.165) is 27.0 Å². The number of para-hydroxylation sites is 1. The van der Waals surface area contributed by atoms with E-state index in [9.17, 15) is 4.79 Å². The first-order valence-corrected chi connectivity index (χ1v) is 11.4. The smallest absolute Gasteiger partial charge is 0.271 e. The van der Waals surface area contributed by atoms with Crippen molar-refractivity contribution in [1.29, 1.82) is 0 Å². The van der Waals surface area contributed by atoms with Gasteiger partial charge in [-0.25, -0.2) is 10.1 Å². The Kier molecular flexibility index (Phi) is 7.47. The van der Waals surface area contributed by atoms with Crippen LogP contribution in [0.5, 0.6) is 17.2 Å². The maximum atomic E-state index is 12.8. The lowest BCUT2D eigenvalue weighted by Gasteiger charge is -2.13. The number of hydrogen-bond acceptors (Lipinski definition) is 6. The largest absolute Gasteiger partial charge is 0.493 e. The van der Waals surface area contributed by atoms with Gasteiger partial charge in [-0.15, -0.1) is 0 Å². The van der Waals surface area contributed by atoms with Crippen LogP contribution in [0.2, 0.25) is 0 Å². The molecule has 0 unspecified atom stereocenters. The van der Waals surface area contributed by atoms with Crippen LogP contribution in [0, 0.1) is 0 Å². The predicted molar refractivity (Wildman–Crippen MR) is 138 cm³/mol. The van der Waals surface area contributed by atoms with E-state index in [1.54, 1.807) is 23.0 Å². The molecule has 4 aromatic rings. The average Bonchev–Trinajstić information content (AvgIpc) is 3.32. The molecule has 1 aromatic heterocycles. The first-order valence-electron chi connectivity index (χ1n) is 10.6. The fourth-order valence-corrected chi connectivity index (χ4v) is 3.73. The molecule has 4 rings (SSSR count). The summed E-state index contributed by atoms with van der Waals surface area (Å²) in [4.78, 5) is 12.8. The van der Waals surface area contributed by atoms with Crippen LogP contribution in [0.15, 0.2) is 82.5 Å². The van der Waals surface area contributed by atoms with Crippen molar-refractivity contribution < 1.29 is 19.0 Å². The summed E-state index contributed by atoms with van der Waals surface area (Å²) in [6, 6.07) is 20.7. The van der Waals surface area contributed by atoms with Crippen LogP contribution in [0.25, 0.3) is 16.9 Å². The Morgan fingerprint density at radius 1 is 0.971 bits per heavy atom. The number of methoxy groups -OCH3 is 3. The van der Waals surface area contributed by atoms with Gasteiger partial charge in [0, 0.05) is 27.4 Å². The maximum Gasteiger partial charge on any atom is 0.271 e. The highest BCUT2D eigenvalue weighted by atomic mass is 79.9. The molecule has 0 saturated heterocycles. The van der Waals surface area contributed by atoms with Gasteiger partial charge in [-0.1, -0.05) is 46.3 Å². The molecule has 0 aliphatic rings. The second-order valence-electron chi connectivity index (χ2n) is 7.33. The lowest BCUT2D eigenvalue weighted by molar-refractivity contribution is 0.0954. The Balaban J connectivity index is 1.63. The minimum Gasteiger partial charge on any atom is -0.493 e. The van der Waals surface area contributed by atoms with Crippen LogP contribution in [0.3, 0.4) is 0 Å². The number of amides is 1. The predicted octanol–water partition coefficient (Wildman–Crippen LogP) is 5.09. The minimum absolute atomic E-state index is 0.310. The van der Waals surface area contributed by atoms with Crippen LogP contribution in [-0.4, -0.2) is 43.2 Å². The van der Waals surface area contributed by atoms with E-state index in [1.165, 1.54) is 21.3 Å². The quantitative estimate of drug-likeness (QED) is 0.251. The Bertz CT molecular complexity index is 1330. The molecular weight excluding hydrogens is 512 g/mol. The van der Waals surface area contributed by atoms with Gasteiger partial charge in [0.15, 0.2) is 11.5 Å². The van der Waals surface area contributed by atoms with Gasteiger partial charge in [0.05, 0.1) is 33.2 Å². The van der Waals surface area contributed by atoms with Crippen LogP contribution in [0.4, 0.5) is 0 Å². The zero-order chi connectivity index (χ0) is 24.8. The molecule has 9 heteroatoms. The van der Waals surface area contributed by atoms with Gasteiger partial charge in [0.25, 0.3) is 5.91 Å². The summed E-state index contributed by atoms with van der Waals surface area (Å²) in [5, 5.41) is 8.93. The monoisotopic (exact) mass is 534 g/mol. The first kappa shape index (κ1) is 24.0. The fourth-order valence-electron chi connectivity index (χ4n) is 3.46. The number of carbonyl (C=O) groups is 1. The Morgan fingerprint density at radius 3 is 2.23 bits per heavy atom. The number of nitrogens with zero attached hydrogens (tertiary/aromatic N) is 3. The summed E-state index contributed by atoms with van der Waals surface area (Å²) in [5.41, 5.74) is 6.16. The maximum absolute atomic E-state index is 12.8. The third-order valence-corrected chi connectivity index (χ3v) is 5.71. The molecule has 0 bridgehead atoms. The van der Waals surface area contributed by atoms with Crippen LogP contribution >= 0.6 is 15.9 Å². The number of aromatic nitrogens is 2. The van der Waals surface area contributed by atoms with Crippen molar-refractivity contribution in [3.63, 3.8) is 0 Å². The van der Waals surface area contributed by atoms with E-state index < -0.39 is 5.91 Å². The molecule has 0 spiro atoms. The number of halogens is 1. The molecule has 0 fully saturated rings. The number of hydrazone groups is 1. The number of benzene rings is 3. The summed E-state index contributed by atoms with van der Waals surface area (Å²) in [6.45, 7) is 0. The lowest BCUT2D eigenvalue weighted by Crippen LogP contribution is -2.18. The van der Waals surface area contributed by atoms with Crippen molar-refractivity contribution in [2.24, 2.45) is 5.10 Å². The summed E-state index contributed by atoms with van der Waals surface area (Å²) in [5.74, 6) is 0.731. The molecule has 0 radical (unpaired) electrons. The van der Waals surface area contributed by atoms with E-state index in [4.69, 9.17) is 19.3 Å². The standard InChI is InChI=1S/C26H23BrN4O4/c1-33-22-13-18(14-23(34-2)25(22)35-3)26(32)29-28-15-19-16-31(21-7-5-4-6-8-21)30-24(19)17-9-11-20(27)12-10-17/h4-16H,1-3H3,(H,29,32). The molecule has 0 aliphatic carbocycles. The van der Waals surface area contributed by atoms with Crippen molar-refractivity contribution >= 4 is 28.1 Å². The van der Waals surface area contributed by atoms with Crippen molar-refractivity contribution in [1.82, 2.24) is 15.2 Å². The van der Waals surface area contributed by atoms with E-state index >= 15 is 0 Å². The molecule has 178 valence electrons. The van der Waals surface area contributed by atoms with E-state index in [0.29, 0.717) is 22.8 Å². The van der Waals surface area contributed by atoms with Gasteiger partial charge < -0.3 is 14.2 Å². The highest BCUT2D eigenvalue weighted by molar-refractivity contribution is 9.10. The van der Waals surface area contributed by atoms with Crippen molar-refractivity contribution in [3.8, 4) is 34.2 Å². The Labute approximate surface area is 211 Å². The molecule has 0 aliphatic heterocycles. The fraction of sp³-hybridized carbons (Fsp3) is 0.115. The average molecular weight is 535 g/mol. The highest BCUT2D eigenvalue weighted by Crippen LogP contribution is 2.38. The van der Waals surface area contributed by atoms with Gasteiger partial charge >= 0.3 is 0 Å². The van der Waals surface area contributed by atoms with Crippen LogP contribution in [-0.2, 0) is 0 Å². The molecular formula is C26H23BrN4O4. The SMILES string of the molecule is COc1cc(C(=O)NN=Cc2cn(-c3ccccc3)nc2-c2ccc(Br)cc2)cc(OC)c1OC. The molecule has 35 heavy (non-hydrogen) atoms. The summed E-state index contributed by atoms with van der Waals surface area (Å²) in [7, 11) is 4.49. The number of ether oxygens (including phenoxy) is 3. The molecule has 0 saturated carbocycles. The summed E-state index contributed by atoms with van der Waals surface area (Å²) in [6.07, 6.45) is 3.43. The minimum atomic E-state index is -0.429. The third kappa shape index (κ3) is 5.36. The normalized spacial score (nSPS) is 10.9. The highest BCUT2D eigenvalue weighted by Gasteiger charge is 2.17. The molecule has 1 N–H and O–H groups in total. The van der Waals surface area contributed by atoms with Gasteiger partial charge in [-0.3, -0.25) is 4.79 Å². The number of carbonyl (C=O) groups excluding carboxylic acids is 1. The van der Waals surface area contributed by atoms with Gasteiger partial charge in [-0.2, -0.15) is 10.2 Å². The topological polar surface area (TPSA) is 87.0 Å². The van der Waals surface area contributed by atoms with Crippen molar-refractivity contribution in [3.05, 3.63) is 88.5 Å². The zero-order valence-corrected chi connectivity index (χ0v) is 20.9. The second kappa shape index (κ2) is 10.9. The molecule has 3 aromatic carbocycles. The second-order valence-corrected chi connectivity index (χ2v) is 8.25.